The number of rotatable bonds is 1. The minimum Gasteiger partial charge on any atom is -0.294 e. The van der Waals surface area contributed by atoms with Gasteiger partial charge in [-0.2, -0.15) is 4.57 Å². The number of pyridine rings is 1. The van der Waals surface area contributed by atoms with Crippen LogP contribution < -0.4 is 16.2 Å². The predicted molar refractivity (Wildman–Crippen MR) is 96.3 cm³/mol. The summed E-state index contributed by atoms with van der Waals surface area (Å²) in [6.45, 7) is 1.97. The number of Topliss-reactive ketones (excluding diaryl/α,β-unsaturated/α-hetero) is 1. The molecule has 6 nitrogen and oxygen atoms in total. The van der Waals surface area contributed by atoms with Crippen molar-refractivity contribution in [2.24, 2.45) is 14.1 Å². The van der Waals surface area contributed by atoms with E-state index in [1.807, 2.05) is 18.4 Å². The van der Waals surface area contributed by atoms with Crippen molar-refractivity contribution in [2.45, 2.75) is 26.2 Å². The summed E-state index contributed by atoms with van der Waals surface area (Å²) >= 11 is 1.52. The number of aryl methyl sites for hydroxylation is 3. The molecule has 0 fully saturated rings. The normalized spacial score (nSPS) is 14.1. The van der Waals surface area contributed by atoms with E-state index in [9.17, 15) is 14.4 Å². The number of nitrogens with one attached hydrogen (secondary N) is 1. The molecule has 1 aliphatic rings. The second kappa shape index (κ2) is 5.49. The molecule has 0 aromatic carbocycles. The van der Waals surface area contributed by atoms with Crippen molar-refractivity contribution in [3.05, 3.63) is 49.1 Å². The van der Waals surface area contributed by atoms with Crippen LogP contribution in [0.5, 0.6) is 0 Å². The third-order valence-corrected chi connectivity index (χ3v) is 5.97. The number of thiophene rings is 1. The lowest BCUT2D eigenvalue weighted by Gasteiger charge is -2.17. The van der Waals surface area contributed by atoms with E-state index >= 15 is 0 Å². The Labute approximate surface area is 147 Å². The maximum Gasteiger partial charge on any atom is 0.417 e. The van der Waals surface area contributed by atoms with Crippen molar-refractivity contribution in [3.8, 4) is 10.4 Å². The molecule has 3 aromatic heterocycles. The number of fused-ring (bicyclic) bond motifs is 2. The predicted octanol–water partition coefficient (Wildman–Crippen LogP) is 1.61. The van der Waals surface area contributed by atoms with E-state index in [2.05, 4.69) is 4.98 Å². The van der Waals surface area contributed by atoms with Crippen LogP contribution in [0.15, 0.2) is 21.0 Å². The van der Waals surface area contributed by atoms with Gasteiger partial charge in [0.25, 0.3) is 11.2 Å². The average Bonchev–Trinajstić information content (AvgIpc) is 3.02. The van der Waals surface area contributed by atoms with Gasteiger partial charge in [-0.3, -0.25) is 9.59 Å². The van der Waals surface area contributed by atoms with Gasteiger partial charge in [-0.1, -0.05) is 0 Å². The lowest BCUT2D eigenvalue weighted by molar-refractivity contribution is -0.363. The molecule has 0 aliphatic heterocycles. The summed E-state index contributed by atoms with van der Waals surface area (Å²) in [5.74, 6) is 0.0538. The van der Waals surface area contributed by atoms with Crippen molar-refractivity contribution in [3.63, 3.8) is 0 Å². The maximum atomic E-state index is 12.9. The Bertz CT molecular complexity index is 1170. The van der Waals surface area contributed by atoms with E-state index in [4.69, 9.17) is 0 Å². The van der Waals surface area contributed by atoms with Gasteiger partial charge in [0.2, 0.25) is 0 Å². The Kier molecular flexibility index (Phi) is 3.50. The van der Waals surface area contributed by atoms with E-state index in [0.717, 1.165) is 33.5 Å². The first kappa shape index (κ1) is 16.0. The van der Waals surface area contributed by atoms with Crippen molar-refractivity contribution in [1.82, 2.24) is 9.13 Å². The number of ketones is 1. The molecule has 0 saturated heterocycles. The van der Waals surface area contributed by atoms with Crippen LogP contribution in [0.4, 0.5) is 0 Å². The summed E-state index contributed by atoms with van der Waals surface area (Å²) in [5, 5.41) is 2.36. The van der Waals surface area contributed by atoms with Crippen LogP contribution in [0.1, 0.15) is 34.5 Å². The Balaban J connectivity index is 2.33. The summed E-state index contributed by atoms with van der Waals surface area (Å²) < 4.78 is 2.55. The fourth-order valence-electron chi connectivity index (χ4n) is 3.60. The van der Waals surface area contributed by atoms with E-state index in [-0.39, 0.29) is 17.0 Å². The first-order chi connectivity index (χ1) is 11.9. The van der Waals surface area contributed by atoms with E-state index in [1.165, 1.54) is 23.0 Å². The lowest BCUT2D eigenvalue weighted by atomic mass is 9.88. The summed E-state index contributed by atoms with van der Waals surface area (Å²) in [6.07, 6.45) is 1.99. The zero-order valence-electron chi connectivity index (χ0n) is 14.3. The molecule has 0 unspecified atom stereocenters. The molecule has 4 rings (SSSR count). The Morgan fingerprint density at radius 3 is 2.52 bits per heavy atom. The number of hydrogen-bond donors (Lipinski definition) is 0. The van der Waals surface area contributed by atoms with Gasteiger partial charge in [0, 0.05) is 30.3 Å². The molecule has 3 aromatic rings. The SMILES string of the molecule is Cc1ccsc1-c1c2c([nH+]c3c1c(=O)n(C)c(=O)n3C)CCCC2=O. The van der Waals surface area contributed by atoms with Gasteiger partial charge in [0.05, 0.1) is 12.6 Å². The van der Waals surface area contributed by atoms with Gasteiger partial charge < -0.3 is 0 Å². The minimum atomic E-state index is -0.385. The van der Waals surface area contributed by atoms with Crippen molar-refractivity contribution < 1.29 is 9.78 Å². The molecule has 0 spiro atoms. The molecule has 0 amide bonds. The van der Waals surface area contributed by atoms with Crippen molar-refractivity contribution >= 4 is 28.2 Å². The molecule has 0 atom stereocenters. The van der Waals surface area contributed by atoms with Gasteiger partial charge in [0.15, 0.2) is 5.78 Å². The molecule has 0 saturated carbocycles. The smallest absolute Gasteiger partial charge is 0.294 e. The topological polar surface area (TPSA) is 75.2 Å². The van der Waals surface area contributed by atoms with Crippen LogP contribution in [-0.2, 0) is 20.5 Å². The third-order valence-electron chi connectivity index (χ3n) is 4.93. The molecule has 25 heavy (non-hydrogen) atoms. The quantitative estimate of drug-likeness (QED) is 0.665. The van der Waals surface area contributed by atoms with E-state index < -0.39 is 0 Å². The first-order valence-corrected chi connectivity index (χ1v) is 9.05. The summed E-state index contributed by atoms with van der Waals surface area (Å²) in [5.41, 5.74) is 2.84. The molecular formula is C18H18N3O3S+. The Morgan fingerprint density at radius 2 is 1.84 bits per heavy atom. The molecule has 0 radical (unpaired) electrons. The van der Waals surface area contributed by atoms with E-state index in [1.54, 1.807) is 7.05 Å². The largest absolute Gasteiger partial charge is 0.417 e. The Morgan fingerprint density at radius 1 is 1.08 bits per heavy atom. The molecular weight excluding hydrogens is 338 g/mol. The monoisotopic (exact) mass is 356 g/mol. The number of carbonyl (C=O) groups excluding carboxylic acids is 1. The van der Waals surface area contributed by atoms with Gasteiger partial charge in [-0.25, -0.2) is 14.3 Å². The third kappa shape index (κ3) is 2.15. The number of carbonyl (C=O) groups is 1. The second-order valence-corrected chi connectivity index (χ2v) is 7.41. The number of H-pyrrole nitrogens is 1. The number of nitrogens with zero attached hydrogens (tertiary/aromatic N) is 2. The highest BCUT2D eigenvalue weighted by Gasteiger charge is 2.32. The molecule has 3 heterocycles. The minimum absolute atomic E-state index is 0.0538. The van der Waals surface area contributed by atoms with Crippen LogP contribution >= 0.6 is 11.3 Å². The summed E-state index contributed by atoms with van der Waals surface area (Å²) in [7, 11) is 3.11. The molecule has 128 valence electrons. The Hall–Kier alpha value is -2.54. The standard InChI is InChI=1S/C18H17N3O3S/c1-9-7-8-25-15(9)13-12-10(5-4-6-11(12)22)19-16-14(13)17(23)21(3)18(24)20(16)2/h7-8H,4-6H2,1-3H3/p+1. The molecule has 7 heteroatoms. The van der Waals surface area contributed by atoms with Gasteiger partial charge in [0.1, 0.15) is 11.1 Å². The number of hydrogen-bond acceptors (Lipinski definition) is 4. The van der Waals surface area contributed by atoms with Crippen LogP contribution in [0.25, 0.3) is 21.5 Å². The highest BCUT2D eigenvalue weighted by molar-refractivity contribution is 7.13. The zero-order valence-corrected chi connectivity index (χ0v) is 15.1. The van der Waals surface area contributed by atoms with Gasteiger partial charge in [-0.15, -0.1) is 11.3 Å². The van der Waals surface area contributed by atoms with Gasteiger partial charge in [-0.05, 0) is 30.4 Å². The highest BCUT2D eigenvalue weighted by atomic mass is 32.1. The van der Waals surface area contributed by atoms with Crippen LogP contribution in [-0.4, -0.2) is 14.9 Å². The number of aromatic amines is 1. The van der Waals surface area contributed by atoms with Crippen LogP contribution in [0.2, 0.25) is 0 Å². The van der Waals surface area contributed by atoms with Crippen LogP contribution in [0.3, 0.4) is 0 Å². The fourth-order valence-corrected chi connectivity index (χ4v) is 4.58. The zero-order chi connectivity index (χ0) is 17.9. The van der Waals surface area contributed by atoms with Crippen LogP contribution in [0, 0.1) is 6.92 Å². The average molecular weight is 356 g/mol. The second-order valence-electron chi connectivity index (χ2n) is 6.49. The van der Waals surface area contributed by atoms with Gasteiger partial charge >= 0.3 is 5.69 Å². The summed E-state index contributed by atoms with van der Waals surface area (Å²) in [6, 6.07) is 1.98. The van der Waals surface area contributed by atoms with Crippen molar-refractivity contribution in [1.29, 1.82) is 0 Å². The maximum absolute atomic E-state index is 12.9. The first-order valence-electron chi connectivity index (χ1n) is 8.17. The molecule has 0 bridgehead atoms. The fraction of sp³-hybridized carbons (Fsp3) is 0.333. The lowest BCUT2D eigenvalue weighted by Crippen LogP contribution is -2.41. The summed E-state index contributed by atoms with van der Waals surface area (Å²) in [4.78, 5) is 42.1. The van der Waals surface area contributed by atoms with Crippen molar-refractivity contribution in [2.75, 3.05) is 0 Å². The highest BCUT2D eigenvalue weighted by Crippen LogP contribution is 2.37. The molecule has 1 aliphatic carbocycles. The molecule has 1 N–H and O–H groups in total. The van der Waals surface area contributed by atoms with E-state index in [0.29, 0.717) is 28.6 Å². The number of aromatic nitrogens is 3.